The maximum absolute atomic E-state index is 11.3. The molecule has 4 atom stereocenters. The van der Waals surface area contributed by atoms with Gasteiger partial charge in [0.05, 0.1) is 29.7 Å². The number of hydroxylamine groups is 2. The molecule has 4 heterocycles. The first kappa shape index (κ1) is 23.1. The molecule has 2 aliphatic rings. The van der Waals surface area contributed by atoms with Crippen LogP contribution in [0.3, 0.4) is 0 Å². The van der Waals surface area contributed by atoms with Crippen molar-refractivity contribution in [2.75, 3.05) is 6.61 Å². The van der Waals surface area contributed by atoms with Crippen molar-refractivity contribution < 1.29 is 19.1 Å². The lowest BCUT2D eigenvalue weighted by atomic mass is 10.0. The Hall–Kier alpha value is -2.05. The number of aromatic nitrogens is 3. The molecule has 2 aliphatic heterocycles. The molecule has 0 unspecified atom stereocenters. The maximum atomic E-state index is 11.3. The fourth-order valence-electron chi connectivity index (χ4n) is 4.16. The van der Waals surface area contributed by atoms with Crippen molar-refractivity contribution in [1.29, 1.82) is 0 Å². The second-order valence-electron chi connectivity index (χ2n) is 10.4. The van der Waals surface area contributed by atoms with E-state index >= 15 is 0 Å². The Kier molecular flexibility index (Phi) is 5.61. The van der Waals surface area contributed by atoms with Gasteiger partial charge in [-0.1, -0.05) is 20.8 Å². The number of fused-ring (bicyclic) bond motifs is 2. The van der Waals surface area contributed by atoms with E-state index in [0.717, 1.165) is 0 Å². The van der Waals surface area contributed by atoms with Crippen LogP contribution in [0.1, 0.15) is 46.2 Å². The van der Waals surface area contributed by atoms with Gasteiger partial charge in [0.2, 0.25) is 0 Å². The molecule has 2 aromatic heterocycles. The zero-order chi connectivity index (χ0) is 23.5. The molecular weight excluding hydrogens is 430 g/mol. The van der Waals surface area contributed by atoms with Crippen molar-refractivity contribution >= 4 is 25.2 Å². The minimum Gasteiger partial charge on any atom is -0.415 e. The van der Waals surface area contributed by atoms with E-state index < -0.39 is 32.3 Å². The van der Waals surface area contributed by atoms with Gasteiger partial charge in [0, 0.05) is 16.7 Å². The SMILES string of the molecule is CC1(C)O[C@@H]2[C@H](O1)[C@@H](CO[Si](C)(C)C(C)(C)C)N(O)[C@H]2c1c[nH]c2c(N=[N+]=[N-])ncnc12. The Morgan fingerprint density at radius 3 is 2.66 bits per heavy atom. The van der Waals surface area contributed by atoms with Crippen molar-refractivity contribution in [2.24, 2.45) is 5.11 Å². The van der Waals surface area contributed by atoms with E-state index in [1.54, 1.807) is 6.20 Å². The largest absolute Gasteiger partial charge is 0.415 e. The van der Waals surface area contributed by atoms with Crippen molar-refractivity contribution in [1.82, 2.24) is 20.0 Å². The molecule has 0 saturated carbocycles. The van der Waals surface area contributed by atoms with Crippen LogP contribution in [0.4, 0.5) is 5.82 Å². The molecule has 4 rings (SSSR count). The molecule has 0 amide bonds. The summed E-state index contributed by atoms with van der Waals surface area (Å²) in [6.07, 6.45) is 2.27. The van der Waals surface area contributed by atoms with Crippen LogP contribution in [0, 0.1) is 0 Å². The molecule has 0 aliphatic carbocycles. The number of ether oxygens (including phenoxy) is 2. The van der Waals surface area contributed by atoms with Gasteiger partial charge in [0.25, 0.3) is 0 Å². The van der Waals surface area contributed by atoms with Gasteiger partial charge in [-0.3, -0.25) is 0 Å². The number of aromatic amines is 1. The number of nitrogens with zero attached hydrogens (tertiary/aromatic N) is 6. The standard InChI is InChI=1S/C20H31N7O4Si/c1-19(2,3)32(6,7)29-9-12-16-17(31-20(4,5)30-16)15(27(12)28)11-8-22-14-13(11)23-10-24-18(14)25-26-21/h8,10,12,15-17,22,28H,9H2,1-7H3/t12-,15+,16-,17+/m1/s1. The minimum atomic E-state index is -2.04. The van der Waals surface area contributed by atoms with Crippen LogP contribution >= 0.6 is 0 Å². The molecule has 2 fully saturated rings. The summed E-state index contributed by atoms with van der Waals surface area (Å²) in [7, 11) is -2.04. The number of azide groups is 1. The number of hydrogen-bond donors (Lipinski definition) is 2. The van der Waals surface area contributed by atoms with Crippen LogP contribution in [-0.4, -0.2) is 64.2 Å². The van der Waals surface area contributed by atoms with Gasteiger partial charge in [-0.25, -0.2) is 9.97 Å². The third-order valence-electron chi connectivity index (χ3n) is 6.83. The lowest BCUT2D eigenvalue weighted by molar-refractivity contribution is -0.220. The first-order valence-electron chi connectivity index (χ1n) is 10.7. The lowest BCUT2D eigenvalue weighted by Crippen LogP contribution is -2.47. The molecule has 0 aromatic carbocycles. The molecule has 0 spiro atoms. The van der Waals surface area contributed by atoms with E-state index in [4.69, 9.17) is 19.4 Å². The normalized spacial score (nSPS) is 28.1. The van der Waals surface area contributed by atoms with Gasteiger partial charge in [-0.2, -0.15) is 5.06 Å². The van der Waals surface area contributed by atoms with Crippen LogP contribution in [0.2, 0.25) is 18.1 Å². The number of nitrogens with one attached hydrogen (secondary N) is 1. The highest BCUT2D eigenvalue weighted by molar-refractivity contribution is 6.74. The van der Waals surface area contributed by atoms with Gasteiger partial charge in [-0.15, -0.1) is 0 Å². The molecule has 32 heavy (non-hydrogen) atoms. The fourth-order valence-corrected chi connectivity index (χ4v) is 5.18. The van der Waals surface area contributed by atoms with Gasteiger partial charge < -0.3 is 24.1 Å². The van der Waals surface area contributed by atoms with Crippen molar-refractivity contribution in [3.8, 4) is 0 Å². The van der Waals surface area contributed by atoms with E-state index in [1.807, 2.05) is 13.8 Å². The average Bonchev–Trinajstić information content (AvgIpc) is 3.29. The number of hydrogen-bond acceptors (Lipinski definition) is 8. The van der Waals surface area contributed by atoms with Crippen LogP contribution in [0.25, 0.3) is 21.5 Å². The van der Waals surface area contributed by atoms with Gasteiger partial charge in [0.15, 0.2) is 19.9 Å². The second kappa shape index (κ2) is 7.77. The van der Waals surface area contributed by atoms with Crippen LogP contribution in [0.5, 0.6) is 0 Å². The topological polar surface area (TPSA) is 141 Å². The Bertz CT molecular complexity index is 1060. The molecule has 12 heteroatoms. The summed E-state index contributed by atoms with van der Waals surface area (Å²) in [5.41, 5.74) is 10.6. The Balaban J connectivity index is 1.70. The van der Waals surface area contributed by atoms with Gasteiger partial charge in [0.1, 0.15) is 18.5 Å². The molecule has 11 nitrogen and oxygen atoms in total. The third kappa shape index (κ3) is 3.81. The summed E-state index contributed by atoms with van der Waals surface area (Å²) in [4.78, 5) is 14.3. The van der Waals surface area contributed by atoms with E-state index in [2.05, 4.69) is 58.8 Å². The zero-order valence-electron chi connectivity index (χ0n) is 19.5. The molecule has 2 aromatic rings. The maximum Gasteiger partial charge on any atom is 0.192 e. The number of H-pyrrole nitrogens is 1. The summed E-state index contributed by atoms with van der Waals surface area (Å²) in [5, 5.41) is 16.2. The minimum absolute atomic E-state index is 0.0441. The van der Waals surface area contributed by atoms with Crippen LogP contribution in [-0.2, 0) is 13.9 Å². The Labute approximate surface area is 187 Å². The lowest BCUT2D eigenvalue weighted by Gasteiger charge is -2.38. The Morgan fingerprint density at radius 2 is 2.00 bits per heavy atom. The van der Waals surface area contributed by atoms with Crippen LogP contribution < -0.4 is 0 Å². The Morgan fingerprint density at radius 1 is 1.31 bits per heavy atom. The van der Waals surface area contributed by atoms with Crippen molar-refractivity contribution in [3.05, 3.63) is 28.5 Å². The summed E-state index contributed by atoms with van der Waals surface area (Å²) in [6.45, 7) is 15.0. The first-order chi connectivity index (χ1) is 14.9. The van der Waals surface area contributed by atoms with Gasteiger partial charge >= 0.3 is 0 Å². The zero-order valence-corrected chi connectivity index (χ0v) is 20.5. The van der Waals surface area contributed by atoms with Crippen molar-refractivity contribution in [3.63, 3.8) is 0 Å². The molecule has 174 valence electrons. The summed E-state index contributed by atoms with van der Waals surface area (Å²) < 4.78 is 18.9. The monoisotopic (exact) mass is 461 g/mol. The molecule has 2 N–H and O–H groups in total. The van der Waals surface area contributed by atoms with E-state index in [-0.39, 0.29) is 17.0 Å². The van der Waals surface area contributed by atoms with Gasteiger partial charge in [-0.05, 0) is 42.6 Å². The summed E-state index contributed by atoms with van der Waals surface area (Å²) in [5.74, 6) is -0.592. The molecule has 0 radical (unpaired) electrons. The van der Waals surface area contributed by atoms with Crippen LogP contribution in [0.15, 0.2) is 17.6 Å². The molecule has 2 saturated heterocycles. The second-order valence-corrected chi connectivity index (χ2v) is 15.2. The highest BCUT2D eigenvalue weighted by Gasteiger charge is 2.59. The highest BCUT2D eigenvalue weighted by atomic mass is 28.4. The first-order valence-corrected chi connectivity index (χ1v) is 13.6. The smallest absolute Gasteiger partial charge is 0.192 e. The number of rotatable bonds is 5. The quantitative estimate of drug-likeness (QED) is 0.288. The van der Waals surface area contributed by atoms with E-state index in [1.165, 1.54) is 11.4 Å². The third-order valence-corrected chi connectivity index (χ3v) is 11.3. The highest BCUT2D eigenvalue weighted by Crippen LogP contribution is 2.48. The molecular formula is C20H31N7O4Si. The summed E-state index contributed by atoms with van der Waals surface area (Å²) in [6, 6.07) is -0.957. The van der Waals surface area contributed by atoms with E-state index in [9.17, 15) is 5.21 Å². The predicted molar refractivity (Wildman–Crippen MR) is 120 cm³/mol. The molecule has 0 bridgehead atoms. The van der Waals surface area contributed by atoms with E-state index in [0.29, 0.717) is 23.2 Å². The van der Waals surface area contributed by atoms with Crippen molar-refractivity contribution in [2.45, 2.75) is 82.8 Å². The predicted octanol–water partition coefficient (Wildman–Crippen LogP) is 4.56. The fraction of sp³-hybridized carbons (Fsp3) is 0.700. The average molecular weight is 462 g/mol. The summed E-state index contributed by atoms with van der Waals surface area (Å²) >= 11 is 0.